The standard InChI is InChI=1S/C17H25N3O2/c1-4-6-15-14-11-22-17(2,3)9-12(14)13(10-18)16(20-15)19-7-5-8-21/h21H,4-9,11H2,1-3H3,(H,19,20)/p+1. The molecule has 1 aliphatic heterocycles. The smallest absolute Gasteiger partial charge is 0.290 e. The van der Waals surface area contributed by atoms with Crippen LogP contribution in [0.1, 0.15) is 56.0 Å². The third-order valence-corrected chi connectivity index (χ3v) is 4.01. The average Bonchev–Trinajstić information content (AvgIpc) is 2.47. The molecule has 1 aromatic heterocycles. The zero-order valence-electron chi connectivity index (χ0n) is 13.8. The Hall–Kier alpha value is -1.64. The van der Waals surface area contributed by atoms with Crippen LogP contribution in [-0.2, 0) is 24.2 Å². The number of aliphatic hydroxyl groups excluding tert-OH is 1. The number of fused-ring (bicyclic) bond motifs is 1. The minimum absolute atomic E-state index is 0.141. The molecule has 2 rings (SSSR count). The predicted octanol–water partition coefficient (Wildman–Crippen LogP) is 1.97. The molecule has 0 saturated carbocycles. The lowest BCUT2D eigenvalue weighted by molar-refractivity contribution is -0.375. The lowest BCUT2D eigenvalue weighted by atomic mass is 9.87. The van der Waals surface area contributed by atoms with Crippen molar-refractivity contribution in [2.24, 2.45) is 0 Å². The molecule has 0 fully saturated rings. The first-order valence-corrected chi connectivity index (χ1v) is 8.01. The van der Waals surface area contributed by atoms with Crippen molar-refractivity contribution >= 4 is 5.82 Å². The van der Waals surface area contributed by atoms with Gasteiger partial charge in [-0.2, -0.15) is 5.26 Å². The molecule has 0 bridgehead atoms. The summed E-state index contributed by atoms with van der Waals surface area (Å²) in [5.41, 5.74) is 3.84. The van der Waals surface area contributed by atoms with Crippen LogP contribution in [0.5, 0.6) is 0 Å². The molecule has 1 aliphatic rings. The van der Waals surface area contributed by atoms with Crippen LogP contribution in [0.2, 0.25) is 0 Å². The van der Waals surface area contributed by atoms with Crippen LogP contribution in [0.25, 0.3) is 0 Å². The van der Waals surface area contributed by atoms with Crippen LogP contribution in [0.4, 0.5) is 5.82 Å². The van der Waals surface area contributed by atoms with Crippen molar-refractivity contribution in [1.29, 1.82) is 5.26 Å². The molecule has 0 aromatic carbocycles. The Labute approximate surface area is 132 Å². The summed E-state index contributed by atoms with van der Waals surface area (Å²) < 4.78 is 5.93. The summed E-state index contributed by atoms with van der Waals surface area (Å²) in [6, 6.07) is 2.35. The molecule has 5 heteroatoms. The average molecular weight is 304 g/mol. The second kappa shape index (κ2) is 7.08. The number of nitrogens with one attached hydrogen (secondary N) is 2. The molecule has 0 atom stereocenters. The molecule has 5 nitrogen and oxygen atoms in total. The molecular weight excluding hydrogens is 278 g/mol. The van der Waals surface area contributed by atoms with E-state index in [-0.39, 0.29) is 12.2 Å². The number of aromatic nitrogens is 1. The lowest BCUT2D eigenvalue weighted by Crippen LogP contribution is -2.36. The van der Waals surface area contributed by atoms with Gasteiger partial charge in [0.1, 0.15) is 17.3 Å². The predicted molar refractivity (Wildman–Crippen MR) is 84.5 cm³/mol. The summed E-state index contributed by atoms with van der Waals surface area (Å²) in [6.07, 6.45) is 3.37. The fraction of sp³-hybridized carbons (Fsp3) is 0.647. The molecule has 3 N–H and O–H groups in total. The number of H-pyrrole nitrogens is 1. The van der Waals surface area contributed by atoms with E-state index < -0.39 is 0 Å². The van der Waals surface area contributed by atoms with Crippen LogP contribution in [0.15, 0.2) is 0 Å². The van der Waals surface area contributed by atoms with Crippen LogP contribution < -0.4 is 10.3 Å². The summed E-state index contributed by atoms with van der Waals surface area (Å²) in [6.45, 7) is 7.61. The molecule has 0 saturated heterocycles. The molecule has 0 spiro atoms. The maximum Gasteiger partial charge on any atom is 0.290 e. The summed E-state index contributed by atoms with van der Waals surface area (Å²) >= 11 is 0. The highest BCUT2D eigenvalue weighted by atomic mass is 16.5. The van der Waals surface area contributed by atoms with Gasteiger partial charge < -0.3 is 9.84 Å². The first-order chi connectivity index (χ1) is 10.5. The highest BCUT2D eigenvalue weighted by Gasteiger charge is 2.33. The van der Waals surface area contributed by atoms with Crippen LogP contribution in [0.3, 0.4) is 0 Å². The SMILES string of the molecule is CCCc1[nH+]c(NCCCO)c(C#N)c2c1COC(C)(C)C2. The highest BCUT2D eigenvalue weighted by Crippen LogP contribution is 2.33. The van der Waals surface area contributed by atoms with Crippen molar-refractivity contribution in [3.63, 3.8) is 0 Å². The summed E-state index contributed by atoms with van der Waals surface area (Å²) in [5.74, 6) is 0.774. The van der Waals surface area contributed by atoms with E-state index in [2.05, 4.69) is 37.1 Å². The number of aryl methyl sites for hydroxylation is 1. The van der Waals surface area contributed by atoms with Gasteiger partial charge in [0.15, 0.2) is 0 Å². The number of aliphatic hydroxyl groups is 1. The number of nitrogens with zero attached hydrogens (tertiary/aromatic N) is 1. The van der Waals surface area contributed by atoms with Gasteiger partial charge in [-0.15, -0.1) is 0 Å². The van der Waals surface area contributed by atoms with Crippen molar-refractivity contribution in [1.82, 2.24) is 0 Å². The van der Waals surface area contributed by atoms with Gasteiger partial charge in [-0.3, -0.25) is 5.32 Å². The molecule has 22 heavy (non-hydrogen) atoms. The van der Waals surface area contributed by atoms with E-state index in [0.717, 1.165) is 41.9 Å². The van der Waals surface area contributed by atoms with Gasteiger partial charge in [0, 0.05) is 31.4 Å². The van der Waals surface area contributed by atoms with E-state index in [9.17, 15) is 5.26 Å². The first kappa shape index (κ1) is 16.7. The first-order valence-electron chi connectivity index (χ1n) is 8.01. The Balaban J connectivity index is 2.47. The summed E-state index contributed by atoms with van der Waals surface area (Å²) in [4.78, 5) is 3.38. The zero-order chi connectivity index (χ0) is 16.2. The number of nitriles is 1. The van der Waals surface area contributed by atoms with Crippen molar-refractivity contribution in [3.05, 3.63) is 22.4 Å². The second-order valence-electron chi connectivity index (χ2n) is 6.40. The van der Waals surface area contributed by atoms with E-state index in [1.54, 1.807) is 0 Å². The zero-order valence-corrected chi connectivity index (χ0v) is 13.8. The quantitative estimate of drug-likeness (QED) is 0.788. The number of pyridine rings is 1. The van der Waals surface area contributed by atoms with Gasteiger partial charge in [0.2, 0.25) is 0 Å². The molecular formula is C17H26N3O2+. The van der Waals surface area contributed by atoms with E-state index in [1.807, 2.05) is 0 Å². The van der Waals surface area contributed by atoms with Crippen molar-refractivity contribution in [3.8, 4) is 6.07 Å². The Bertz CT molecular complexity index is 576. The number of hydrogen-bond donors (Lipinski definition) is 2. The normalized spacial score (nSPS) is 16.0. The molecule has 0 aliphatic carbocycles. The molecule has 120 valence electrons. The maximum atomic E-state index is 9.62. The van der Waals surface area contributed by atoms with Gasteiger partial charge in [-0.25, -0.2) is 4.98 Å². The van der Waals surface area contributed by atoms with Crippen molar-refractivity contribution in [2.75, 3.05) is 18.5 Å². The Morgan fingerprint density at radius 3 is 2.82 bits per heavy atom. The van der Waals surface area contributed by atoms with Gasteiger partial charge >= 0.3 is 0 Å². The molecule has 0 radical (unpaired) electrons. The van der Waals surface area contributed by atoms with Crippen molar-refractivity contribution < 1.29 is 14.8 Å². The van der Waals surface area contributed by atoms with Gasteiger partial charge in [0.25, 0.3) is 5.82 Å². The fourth-order valence-corrected chi connectivity index (χ4v) is 2.90. The molecule has 0 unspecified atom stereocenters. The fourth-order valence-electron chi connectivity index (χ4n) is 2.90. The van der Waals surface area contributed by atoms with Crippen LogP contribution >= 0.6 is 0 Å². The lowest BCUT2D eigenvalue weighted by Gasteiger charge is -2.32. The third kappa shape index (κ3) is 3.57. The maximum absolute atomic E-state index is 9.62. The third-order valence-electron chi connectivity index (χ3n) is 4.01. The molecule has 2 heterocycles. The Kier molecular flexibility index (Phi) is 5.38. The number of rotatable bonds is 6. The van der Waals surface area contributed by atoms with Gasteiger partial charge in [-0.05, 0) is 25.8 Å². The molecule has 1 aromatic rings. The van der Waals surface area contributed by atoms with Crippen molar-refractivity contribution in [2.45, 2.75) is 58.7 Å². The van der Waals surface area contributed by atoms with E-state index in [1.165, 1.54) is 0 Å². The topological polar surface area (TPSA) is 79.4 Å². The number of aromatic amines is 1. The second-order valence-corrected chi connectivity index (χ2v) is 6.40. The largest absolute Gasteiger partial charge is 0.396 e. The highest BCUT2D eigenvalue weighted by molar-refractivity contribution is 5.56. The van der Waals surface area contributed by atoms with Gasteiger partial charge in [0.05, 0.1) is 18.8 Å². The minimum atomic E-state index is -0.244. The van der Waals surface area contributed by atoms with E-state index >= 15 is 0 Å². The van der Waals surface area contributed by atoms with Gasteiger partial charge in [-0.1, -0.05) is 6.92 Å². The van der Waals surface area contributed by atoms with E-state index in [0.29, 0.717) is 25.1 Å². The Morgan fingerprint density at radius 1 is 1.41 bits per heavy atom. The molecule has 0 amide bonds. The number of hydrogen-bond acceptors (Lipinski definition) is 4. The van der Waals surface area contributed by atoms with E-state index in [4.69, 9.17) is 9.84 Å². The van der Waals surface area contributed by atoms with Crippen LogP contribution in [-0.4, -0.2) is 23.9 Å². The Morgan fingerprint density at radius 2 is 2.18 bits per heavy atom. The summed E-state index contributed by atoms with van der Waals surface area (Å²) in [5, 5.41) is 21.8. The number of anilines is 1. The number of ether oxygens (including phenoxy) is 1. The summed E-state index contributed by atoms with van der Waals surface area (Å²) in [7, 11) is 0. The monoisotopic (exact) mass is 304 g/mol. The van der Waals surface area contributed by atoms with Crippen LogP contribution in [0, 0.1) is 11.3 Å². The minimum Gasteiger partial charge on any atom is -0.396 e.